The van der Waals surface area contributed by atoms with Gasteiger partial charge in [0.1, 0.15) is 11.6 Å². The molecule has 18 heavy (non-hydrogen) atoms. The summed E-state index contributed by atoms with van der Waals surface area (Å²) in [7, 11) is 1.61. The molecule has 2 aromatic rings. The summed E-state index contributed by atoms with van der Waals surface area (Å²) in [6.45, 7) is 1.96. The van der Waals surface area contributed by atoms with Gasteiger partial charge in [-0.05, 0) is 30.2 Å². The predicted octanol–water partition coefficient (Wildman–Crippen LogP) is 3.19. The number of nitrogens with two attached hydrogens (primary N) is 1. The fraction of sp³-hybridized carbons (Fsp3) is 0.200. The first-order chi connectivity index (χ1) is 8.63. The highest BCUT2D eigenvalue weighted by atomic mass is 19.1. The lowest BCUT2D eigenvalue weighted by Gasteiger charge is -2.15. The SMILES string of the molecule is COc1cc(C(N)c2ccccc2F)ccc1C. The topological polar surface area (TPSA) is 35.2 Å². The van der Waals surface area contributed by atoms with E-state index in [-0.39, 0.29) is 5.82 Å². The molecule has 0 saturated heterocycles. The summed E-state index contributed by atoms with van der Waals surface area (Å²) >= 11 is 0. The molecule has 3 heteroatoms. The normalized spacial score (nSPS) is 12.2. The van der Waals surface area contributed by atoms with Gasteiger partial charge in [-0.1, -0.05) is 30.3 Å². The third-order valence-electron chi connectivity index (χ3n) is 3.03. The summed E-state index contributed by atoms with van der Waals surface area (Å²) in [6.07, 6.45) is 0. The van der Waals surface area contributed by atoms with E-state index < -0.39 is 6.04 Å². The second-order valence-corrected chi connectivity index (χ2v) is 4.23. The first kappa shape index (κ1) is 12.6. The highest BCUT2D eigenvalue weighted by Gasteiger charge is 2.14. The molecule has 0 aliphatic heterocycles. The molecule has 0 radical (unpaired) electrons. The average molecular weight is 245 g/mol. The molecule has 0 heterocycles. The molecule has 0 aliphatic rings. The van der Waals surface area contributed by atoms with Crippen LogP contribution in [0.3, 0.4) is 0 Å². The predicted molar refractivity (Wildman–Crippen MR) is 70.2 cm³/mol. The van der Waals surface area contributed by atoms with Gasteiger partial charge in [0, 0.05) is 5.56 Å². The van der Waals surface area contributed by atoms with Crippen LogP contribution in [0, 0.1) is 12.7 Å². The largest absolute Gasteiger partial charge is 0.496 e. The van der Waals surface area contributed by atoms with Crippen LogP contribution in [0.25, 0.3) is 0 Å². The maximum Gasteiger partial charge on any atom is 0.128 e. The minimum atomic E-state index is -0.485. The number of hydrogen-bond acceptors (Lipinski definition) is 2. The molecule has 2 N–H and O–H groups in total. The smallest absolute Gasteiger partial charge is 0.128 e. The zero-order valence-electron chi connectivity index (χ0n) is 10.5. The summed E-state index contributed by atoms with van der Waals surface area (Å²) in [5.41, 5.74) is 8.45. The Bertz CT molecular complexity index is 554. The van der Waals surface area contributed by atoms with Crippen molar-refractivity contribution in [1.29, 1.82) is 0 Å². The van der Waals surface area contributed by atoms with Crippen LogP contribution in [-0.2, 0) is 0 Å². The van der Waals surface area contributed by atoms with Crippen LogP contribution in [0.5, 0.6) is 5.75 Å². The quantitative estimate of drug-likeness (QED) is 0.901. The molecule has 0 saturated carbocycles. The lowest BCUT2D eigenvalue weighted by atomic mass is 9.98. The van der Waals surface area contributed by atoms with Gasteiger partial charge in [-0.15, -0.1) is 0 Å². The lowest BCUT2D eigenvalue weighted by molar-refractivity contribution is 0.411. The van der Waals surface area contributed by atoms with Crippen molar-refractivity contribution in [1.82, 2.24) is 0 Å². The Balaban J connectivity index is 2.40. The van der Waals surface area contributed by atoms with Gasteiger partial charge in [0.15, 0.2) is 0 Å². The first-order valence-electron chi connectivity index (χ1n) is 5.78. The van der Waals surface area contributed by atoms with Gasteiger partial charge in [0.05, 0.1) is 13.2 Å². The molecule has 0 amide bonds. The summed E-state index contributed by atoms with van der Waals surface area (Å²) in [6, 6.07) is 11.7. The van der Waals surface area contributed by atoms with E-state index in [2.05, 4.69) is 0 Å². The monoisotopic (exact) mass is 245 g/mol. The van der Waals surface area contributed by atoms with E-state index in [4.69, 9.17) is 10.5 Å². The van der Waals surface area contributed by atoms with E-state index in [0.717, 1.165) is 16.9 Å². The molecule has 1 unspecified atom stereocenters. The molecule has 94 valence electrons. The van der Waals surface area contributed by atoms with E-state index in [1.165, 1.54) is 6.07 Å². The van der Waals surface area contributed by atoms with E-state index in [0.29, 0.717) is 5.56 Å². The van der Waals surface area contributed by atoms with Crippen molar-refractivity contribution in [3.8, 4) is 5.75 Å². The summed E-state index contributed by atoms with van der Waals surface area (Å²) in [5, 5.41) is 0. The summed E-state index contributed by atoms with van der Waals surface area (Å²) < 4.78 is 18.9. The Morgan fingerprint density at radius 1 is 1.17 bits per heavy atom. The standard InChI is InChI=1S/C15H16FNO/c1-10-7-8-11(9-14(10)18-2)15(17)12-5-3-4-6-13(12)16/h3-9,15H,17H2,1-2H3. The maximum atomic E-state index is 13.7. The minimum absolute atomic E-state index is 0.287. The van der Waals surface area contributed by atoms with Gasteiger partial charge in [-0.2, -0.15) is 0 Å². The minimum Gasteiger partial charge on any atom is -0.496 e. The average Bonchev–Trinajstić information content (AvgIpc) is 2.39. The van der Waals surface area contributed by atoms with Gasteiger partial charge in [0.2, 0.25) is 0 Å². The Morgan fingerprint density at radius 2 is 1.89 bits per heavy atom. The molecular formula is C15H16FNO. The fourth-order valence-corrected chi connectivity index (χ4v) is 1.94. The van der Waals surface area contributed by atoms with Crippen molar-refractivity contribution in [3.05, 3.63) is 65.0 Å². The molecule has 0 fully saturated rings. The van der Waals surface area contributed by atoms with Gasteiger partial charge >= 0.3 is 0 Å². The van der Waals surface area contributed by atoms with Crippen LogP contribution in [-0.4, -0.2) is 7.11 Å². The molecule has 0 aromatic heterocycles. The Morgan fingerprint density at radius 3 is 2.56 bits per heavy atom. The number of hydrogen-bond donors (Lipinski definition) is 1. The number of methoxy groups -OCH3 is 1. The highest BCUT2D eigenvalue weighted by molar-refractivity contribution is 5.41. The second kappa shape index (κ2) is 5.19. The van der Waals surface area contributed by atoms with Gasteiger partial charge < -0.3 is 10.5 Å². The number of aryl methyl sites for hydroxylation is 1. The maximum absolute atomic E-state index is 13.7. The summed E-state index contributed by atoms with van der Waals surface area (Å²) in [5.74, 6) is 0.476. The third kappa shape index (κ3) is 2.36. The van der Waals surface area contributed by atoms with Gasteiger partial charge in [0.25, 0.3) is 0 Å². The number of ether oxygens (including phenoxy) is 1. The van der Waals surface area contributed by atoms with E-state index in [9.17, 15) is 4.39 Å². The Kier molecular flexibility index (Phi) is 3.63. The zero-order chi connectivity index (χ0) is 13.1. The number of halogens is 1. The molecule has 0 bridgehead atoms. The number of rotatable bonds is 3. The zero-order valence-corrected chi connectivity index (χ0v) is 10.5. The van der Waals surface area contributed by atoms with E-state index in [1.54, 1.807) is 25.3 Å². The van der Waals surface area contributed by atoms with Crippen molar-refractivity contribution >= 4 is 0 Å². The van der Waals surface area contributed by atoms with E-state index >= 15 is 0 Å². The first-order valence-corrected chi connectivity index (χ1v) is 5.78. The lowest BCUT2D eigenvalue weighted by Crippen LogP contribution is -2.13. The molecule has 1 atom stereocenters. The van der Waals surface area contributed by atoms with Crippen molar-refractivity contribution in [2.45, 2.75) is 13.0 Å². The van der Waals surface area contributed by atoms with Crippen molar-refractivity contribution < 1.29 is 9.13 Å². The molecule has 2 aromatic carbocycles. The fourth-order valence-electron chi connectivity index (χ4n) is 1.94. The van der Waals surface area contributed by atoms with Crippen LogP contribution < -0.4 is 10.5 Å². The molecule has 2 nitrogen and oxygen atoms in total. The Labute approximate surface area is 106 Å². The van der Waals surface area contributed by atoms with Crippen LogP contribution in [0.15, 0.2) is 42.5 Å². The van der Waals surface area contributed by atoms with Gasteiger partial charge in [-0.3, -0.25) is 0 Å². The molecule has 2 rings (SSSR count). The second-order valence-electron chi connectivity index (χ2n) is 4.23. The van der Waals surface area contributed by atoms with Crippen LogP contribution >= 0.6 is 0 Å². The van der Waals surface area contributed by atoms with Crippen LogP contribution in [0.1, 0.15) is 22.7 Å². The van der Waals surface area contributed by atoms with Crippen LogP contribution in [0.2, 0.25) is 0 Å². The summed E-state index contributed by atoms with van der Waals surface area (Å²) in [4.78, 5) is 0. The number of benzene rings is 2. The van der Waals surface area contributed by atoms with Gasteiger partial charge in [-0.25, -0.2) is 4.39 Å². The van der Waals surface area contributed by atoms with Crippen LogP contribution in [0.4, 0.5) is 4.39 Å². The van der Waals surface area contributed by atoms with E-state index in [1.807, 2.05) is 25.1 Å². The molecular weight excluding hydrogens is 229 g/mol. The van der Waals surface area contributed by atoms with Crippen molar-refractivity contribution in [3.63, 3.8) is 0 Å². The third-order valence-corrected chi connectivity index (χ3v) is 3.03. The Hall–Kier alpha value is -1.87. The molecule has 0 spiro atoms. The molecule has 0 aliphatic carbocycles. The van der Waals surface area contributed by atoms with Crippen molar-refractivity contribution in [2.24, 2.45) is 5.73 Å². The highest BCUT2D eigenvalue weighted by Crippen LogP contribution is 2.27. The van der Waals surface area contributed by atoms with Crippen molar-refractivity contribution in [2.75, 3.05) is 7.11 Å².